The number of rotatable bonds is 1. The minimum atomic E-state index is -0.525. The smallest absolute Gasteiger partial charge is 0.309 e. The van der Waals surface area contributed by atoms with Gasteiger partial charge >= 0.3 is 5.97 Å². The summed E-state index contributed by atoms with van der Waals surface area (Å²) in [6.07, 6.45) is 13.6. The van der Waals surface area contributed by atoms with Crippen molar-refractivity contribution < 1.29 is 14.7 Å². The molecule has 3 heteroatoms. The molecule has 0 aromatic carbocycles. The van der Waals surface area contributed by atoms with Gasteiger partial charge in [0.15, 0.2) is 5.78 Å². The highest BCUT2D eigenvalue weighted by atomic mass is 16.4. The van der Waals surface area contributed by atoms with Crippen LogP contribution in [0.25, 0.3) is 0 Å². The summed E-state index contributed by atoms with van der Waals surface area (Å²) in [5.41, 5.74) is -0.163. The van der Waals surface area contributed by atoms with Gasteiger partial charge in [-0.2, -0.15) is 0 Å². The molecule has 0 aliphatic heterocycles. The Morgan fingerprint density at radius 1 is 0.818 bits per heavy atom. The molecule has 8 atom stereocenters. The topological polar surface area (TPSA) is 54.4 Å². The maximum Gasteiger partial charge on any atom is 0.309 e. The van der Waals surface area contributed by atoms with Crippen LogP contribution in [-0.2, 0) is 9.59 Å². The number of hydrogen-bond acceptors (Lipinski definition) is 2. The fraction of sp³-hybridized carbons (Fsp3) is 0.867. The molecule has 1 N–H and O–H groups in total. The third kappa shape index (κ3) is 2.80. The lowest BCUT2D eigenvalue weighted by Crippen LogP contribution is -2.66. The second kappa shape index (κ2) is 6.76. The molecule has 5 rings (SSSR count). The molecule has 0 amide bonds. The van der Waals surface area contributed by atoms with Crippen LogP contribution in [0, 0.1) is 56.2 Å². The van der Waals surface area contributed by atoms with Gasteiger partial charge in [0, 0.05) is 5.41 Å². The van der Waals surface area contributed by atoms with Gasteiger partial charge in [0.2, 0.25) is 0 Å². The number of aliphatic carboxylic acids is 1. The van der Waals surface area contributed by atoms with Crippen LogP contribution < -0.4 is 0 Å². The Morgan fingerprint density at radius 3 is 2.15 bits per heavy atom. The van der Waals surface area contributed by atoms with E-state index < -0.39 is 11.4 Å². The summed E-state index contributed by atoms with van der Waals surface area (Å²) in [4.78, 5) is 25.6. The molecule has 0 aromatic heterocycles. The van der Waals surface area contributed by atoms with Crippen molar-refractivity contribution in [1.29, 1.82) is 0 Å². The third-order valence-electron chi connectivity index (χ3n) is 12.9. The van der Waals surface area contributed by atoms with Crippen molar-refractivity contribution in [3.8, 4) is 0 Å². The lowest BCUT2D eigenvalue weighted by Gasteiger charge is -2.72. The van der Waals surface area contributed by atoms with E-state index in [1.165, 1.54) is 12.8 Å². The van der Waals surface area contributed by atoms with Gasteiger partial charge in [-0.1, -0.05) is 54.5 Å². The maximum absolute atomic E-state index is 12.8. The molecule has 0 bridgehead atoms. The molecular weight excluding hydrogens is 408 g/mol. The van der Waals surface area contributed by atoms with Crippen molar-refractivity contribution in [2.24, 2.45) is 56.2 Å². The van der Waals surface area contributed by atoms with Crippen LogP contribution in [-0.4, -0.2) is 16.9 Å². The number of carbonyl (C=O) groups excluding carboxylic acids is 1. The number of allylic oxidation sites excluding steroid dienone is 2. The number of carboxylic acids is 1. The first-order valence-corrected chi connectivity index (χ1v) is 13.6. The highest BCUT2D eigenvalue weighted by molar-refractivity contribution is 5.95. The molecule has 3 nitrogen and oxygen atoms in total. The lowest BCUT2D eigenvalue weighted by molar-refractivity contribution is -0.232. The van der Waals surface area contributed by atoms with E-state index in [-0.39, 0.29) is 27.1 Å². The molecular formula is C30H46O3. The van der Waals surface area contributed by atoms with Gasteiger partial charge in [-0.05, 0) is 109 Å². The fourth-order valence-electron chi connectivity index (χ4n) is 10.7. The zero-order valence-corrected chi connectivity index (χ0v) is 22.1. The number of carbonyl (C=O) groups is 2. The van der Waals surface area contributed by atoms with Gasteiger partial charge < -0.3 is 5.11 Å². The summed E-state index contributed by atoms with van der Waals surface area (Å²) in [5, 5.41) is 10.5. The predicted octanol–water partition coefficient (Wildman–Crippen LogP) is 7.30. The van der Waals surface area contributed by atoms with Crippen LogP contribution in [0.3, 0.4) is 0 Å². The average molecular weight is 455 g/mol. The first kappa shape index (κ1) is 23.6. The summed E-state index contributed by atoms with van der Waals surface area (Å²) < 4.78 is 0. The summed E-state index contributed by atoms with van der Waals surface area (Å²) in [5.74, 6) is 1.51. The minimum Gasteiger partial charge on any atom is -0.481 e. The van der Waals surface area contributed by atoms with Crippen LogP contribution >= 0.6 is 0 Å². The molecule has 0 radical (unpaired) electrons. The lowest BCUT2D eigenvalue weighted by atomic mass is 9.32. The number of ketones is 1. The van der Waals surface area contributed by atoms with E-state index in [4.69, 9.17) is 0 Å². The second-order valence-electron chi connectivity index (χ2n) is 14.9. The Hall–Kier alpha value is -1.12. The zero-order chi connectivity index (χ0) is 24.2. The van der Waals surface area contributed by atoms with E-state index in [2.05, 4.69) is 54.5 Å². The standard InChI is InChI=1S/C30H46O3/c1-25(2)14-16-30(24(32)33)17-15-28(6)19(20(30)18-25)8-9-22-27(5)12-11-23(31)26(3,4)21(27)10-13-29(22,28)7/h11-12,19-22H,8-10,13-18H2,1-7H3,(H,32,33)/t19?,20?,21-,22+,27-,28+,29+,30-/m0/s1. The van der Waals surface area contributed by atoms with Crippen LogP contribution in [0.1, 0.15) is 106 Å². The number of hydrogen-bond donors (Lipinski definition) is 1. The summed E-state index contributed by atoms with van der Waals surface area (Å²) in [7, 11) is 0. The molecule has 0 saturated heterocycles. The van der Waals surface area contributed by atoms with Crippen LogP contribution in [0.4, 0.5) is 0 Å². The van der Waals surface area contributed by atoms with E-state index in [0.29, 0.717) is 29.5 Å². The van der Waals surface area contributed by atoms with Gasteiger partial charge in [0.05, 0.1) is 5.41 Å². The number of carboxylic acid groups (broad SMARTS) is 1. The Bertz CT molecular complexity index is 914. The van der Waals surface area contributed by atoms with E-state index in [9.17, 15) is 14.7 Å². The van der Waals surface area contributed by atoms with Gasteiger partial charge in [-0.25, -0.2) is 0 Å². The molecule has 0 spiro atoms. The van der Waals surface area contributed by atoms with Crippen LogP contribution in [0.5, 0.6) is 0 Å². The van der Waals surface area contributed by atoms with Gasteiger partial charge in [-0.15, -0.1) is 0 Å². The van der Waals surface area contributed by atoms with Crippen molar-refractivity contribution in [1.82, 2.24) is 0 Å². The SMILES string of the molecule is CC1(C)CC[C@]2(C(=O)O)CC[C@]3(C)C(CC[C@@H]4[C@@]5(C)C=CC(=O)C(C)(C)[C@@H]5CC[C@]43C)C2C1. The number of fused-ring (bicyclic) bond motifs is 7. The summed E-state index contributed by atoms with van der Waals surface area (Å²) in [6.45, 7) is 16.6. The summed E-state index contributed by atoms with van der Waals surface area (Å²) >= 11 is 0. The maximum atomic E-state index is 12.8. The van der Waals surface area contributed by atoms with E-state index >= 15 is 0 Å². The van der Waals surface area contributed by atoms with Gasteiger partial charge in [0.1, 0.15) is 0 Å². The quantitative estimate of drug-likeness (QED) is 0.452. The van der Waals surface area contributed by atoms with Crippen molar-refractivity contribution in [3.63, 3.8) is 0 Å². The largest absolute Gasteiger partial charge is 0.481 e. The molecule has 4 fully saturated rings. The van der Waals surface area contributed by atoms with Crippen molar-refractivity contribution >= 4 is 11.8 Å². The highest BCUT2D eigenvalue weighted by Gasteiger charge is 2.70. The molecule has 2 unspecified atom stereocenters. The molecule has 4 saturated carbocycles. The normalized spacial score (nSPS) is 52.2. The average Bonchev–Trinajstić information content (AvgIpc) is 2.71. The molecule has 5 aliphatic rings. The second-order valence-corrected chi connectivity index (χ2v) is 14.9. The fourth-order valence-corrected chi connectivity index (χ4v) is 10.7. The van der Waals surface area contributed by atoms with Crippen LogP contribution in [0.2, 0.25) is 0 Å². The predicted molar refractivity (Wildman–Crippen MR) is 132 cm³/mol. The van der Waals surface area contributed by atoms with Gasteiger partial charge in [-0.3, -0.25) is 9.59 Å². The first-order chi connectivity index (χ1) is 15.1. The van der Waals surface area contributed by atoms with Crippen molar-refractivity contribution in [2.75, 3.05) is 0 Å². The van der Waals surface area contributed by atoms with E-state index in [1.807, 2.05) is 6.08 Å². The molecule has 0 heterocycles. The third-order valence-corrected chi connectivity index (χ3v) is 12.9. The molecule has 184 valence electrons. The Labute approximate surface area is 201 Å². The molecule has 5 aliphatic carbocycles. The van der Waals surface area contributed by atoms with E-state index in [1.54, 1.807) is 0 Å². The van der Waals surface area contributed by atoms with Crippen molar-refractivity contribution in [3.05, 3.63) is 12.2 Å². The van der Waals surface area contributed by atoms with Crippen molar-refractivity contribution in [2.45, 2.75) is 106 Å². The highest BCUT2D eigenvalue weighted by Crippen LogP contribution is 2.76. The van der Waals surface area contributed by atoms with Gasteiger partial charge in [0.25, 0.3) is 0 Å². The zero-order valence-electron chi connectivity index (χ0n) is 22.1. The first-order valence-electron chi connectivity index (χ1n) is 13.6. The summed E-state index contributed by atoms with van der Waals surface area (Å²) in [6, 6.07) is 0. The Morgan fingerprint density at radius 2 is 1.48 bits per heavy atom. The Kier molecular flexibility index (Phi) is 4.83. The molecule has 33 heavy (non-hydrogen) atoms. The Balaban J connectivity index is 1.57. The monoisotopic (exact) mass is 454 g/mol. The van der Waals surface area contributed by atoms with Crippen LogP contribution in [0.15, 0.2) is 12.2 Å². The van der Waals surface area contributed by atoms with E-state index in [0.717, 1.165) is 44.9 Å². The molecule has 0 aromatic rings. The minimum absolute atomic E-state index is 0.0472.